The van der Waals surface area contributed by atoms with E-state index in [2.05, 4.69) is 5.32 Å². The van der Waals surface area contributed by atoms with Crippen molar-refractivity contribution in [3.05, 3.63) is 59.7 Å². The van der Waals surface area contributed by atoms with E-state index >= 15 is 0 Å². The van der Waals surface area contributed by atoms with Crippen molar-refractivity contribution in [3.8, 4) is 5.75 Å². The van der Waals surface area contributed by atoms with Crippen molar-refractivity contribution in [2.45, 2.75) is 13.3 Å². The van der Waals surface area contributed by atoms with Crippen LogP contribution in [-0.4, -0.2) is 33.7 Å². The lowest BCUT2D eigenvalue weighted by Gasteiger charge is -2.20. The van der Waals surface area contributed by atoms with E-state index < -0.39 is 10.0 Å². The third-order valence-corrected chi connectivity index (χ3v) is 6.20. The molecular weight excluding hydrogens is 364 g/mol. The number of sulfonamides is 1. The van der Waals surface area contributed by atoms with Crippen molar-refractivity contribution in [2.24, 2.45) is 0 Å². The second-order valence-electron chi connectivity index (χ2n) is 6.32. The molecule has 6 nitrogen and oxygen atoms in total. The van der Waals surface area contributed by atoms with Crippen LogP contribution in [0.4, 0.5) is 11.4 Å². The van der Waals surface area contributed by atoms with Gasteiger partial charge in [0.2, 0.25) is 10.0 Å². The van der Waals surface area contributed by atoms with Gasteiger partial charge in [-0.1, -0.05) is 30.3 Å². The topological polar surface area (TPSA) is 75.7 Å². The molecule has 1 amide bonds. The van der Waals surface area contributed by atoms with Crippen LogP contribution in [0.2, 0.25) is 0 Å². The summed E-state index contributed by atoms with van der Waals surface area (Å²) in [6.45, 7) is 2.17. The van der Waals surface area contributed by atoms with E-state index in [0.29, 0.717) is 35.7 Å². The van der Waals surface area contributed by atoms with Gasteiger partial charge in [0.05, 0.1) is 18.6 Å². The van der Waals surface area contributed by atoms with Gasteiger partial charge in [0.25, 0.3) is 5.91 Å². The zero-order valence-electron chi connectivity index (χ0n) is 15.3. The average molecular weight is 386 g/mol. The van der Waals surface area contributed by atoms with Gasteiger partial charge in [0, 0.05) is 23.9 Å². The summed E-state index contributed by atoms with van der Waals surface area (Å²) in [6, 6.07) is 14.6. The van der Waals surface area contributed by atoms with Gasteiger partial charge in [-0.25, -0.2) is 8.42 Å². The van der Waals surface area contributed by atoms with Crippen molar-refractivity contribution < 1.29 is 17.9 Å². The average Bonchev–Trinajstić information content (AvgIpc) is 3.01. The molecule has 0 saturated carbocycles. The molecule has 0 aliphatic carbocycles. The van der Waals surface area contributed by atoms with Crippen molar-refractivity contribution in [1.82, 2.24) is 0 Å². The van der Waals surface area contributed by atoms with Crippen LogP contribution in [0.5, 0.6) is 5.75 Å². The van der Waals surface area contributed by atoms with Crippen molar-refractivity contribution >= 4 is 33.4 Å². The lowest BCUT2D eigenvalue weighted by atomic mass is 10.1. The van der Waals surface area contributed by atoms with E-state index in [1.54, 1.807) is 31.2 Å². The van der Waals surface area contributed by atoms with Gasteiger partial charge in [-0.15, -0.1) is 0 Å². The number of nitrogens with one attached hydrogen (secondary N) is 1. The SMILES string of the molecule is COc1cc(NC(=O)/C(C)=C/c2ccccc2)ccc1N1CCCS1(=O)=O. The zero-order valence-corrected chi connectivity index (χ0v) is 16.1. The minimum Gasteiger partial charge on any atom is -0.494 e. The minimum atomic E-state index is -3.30. The second kappa shape index (κ2) is 7.84. The van der Waals surface area contributed by atoms with Crippen LogP contribution in [0.3, 0.4) is 0 Å². The lowest BCUT2D eigenvalue weighted by Crippen LogP contribution is -2.25. The highest BCUT2D eigenvalue weighted by atomic mass is 32.2. The molecule has 0 aromatic heterocycles. The highest BCUT2D eigenvalue weighted by molar-refractivity contribution is 7.93. The Balaban J connectivity index is 1.80. The standard InChI is InChI=1S/C20H22N2O4S/c1-15(13-16-7-4-3-5-8-16)20(23)21-17-9-10-18(19(14-17)26-2)22-11-6-12-27(22,24)25/h3-5,7-10,13-14H,6,11-12H2,1-2H3,(H,21,23)/b15-13+. The molecule has 0 spiro atoms. The lowest BCUT2D eigenvalue weighted by molar-refractivity contribution is -0.112. The molecule has 1 fully saturated rings. The number of rotatable bonds is 5. The Labute approximate surface area is 159 Å². The largest absolute Gasteiger partial charge is 0.494 e. The van der Waals surface area contributed by atoms with Gasteiger partial charge in [0.1, 0.15) is 5.75 Å². The molecule has 1 aliphatic heterocycles. The van der Waals surface area contributed by atoms with Gasteiger partial charge >= 0.3 is 0 Å². The maximum absolute atomic E-state index is 12.4. The van der Waals surface area contributed by atoms with Gasteiger partial charge in [-0.2, -0.15) is 0 Å². The number of nitrogens with zero attached hydrogens (tertiary/aromatic N) is 1. The first-order valence-electron chi connectivity index (χ1n) is 8.64. The number of amides is 1. The molecule has 0 bridgehead atoms. The van der Waals surface area contributed by atoms with E-state index in [9.17, 15) is 13.2 Å². The number of methoxy groups -OCH3 is 1. The van der Waals surface area contributed by atoms with Crippen LogP contribution in [-0.2, 0) is 14.8 Å². The van der Waals surface area contributed by atoms with Crippen LogP contribution in [0.1, 0.15) is 18.9 Å². The summed E-state index contributed by atoms with van der Waals surface area (Å²) in [6.07, 6.45) is 2.39. The number of carbonyl (C=O) groups excluding carboxylic acids is 1. The summed E-state index contributed by atoms with van der Waals surface area (Å²) in [5.41, 5.74) is 2.53. The highest BCUT2D eigenvalue weighted by Crippen LogP contribution is 2.35. The zero-order chi connectivity index (χ0) is 19.4. The summed E-state index contributed by atoms with van der Waals surface area (Å²) in [4.78, 5) is 12.4. The number of hydrogen-bond acceptors (Lipinski definition) is 4. The number of ether oxygens (including phenoxy) is 1. The van der Waals surface area contributed by atoms with E-state index in [0.717, 1.165) is 5.56 Å². The second-order valence-corrected chi connectivity index (χ2v) is 8.33. The molecule has 1 heterocycles. The molecule has 142 valence electrons. The Kier molecular flexibility index (Phi) is 5.51. The number of hydrogen-bond donors (Lipinski definition) is 1. The molecule has 0 radical (unpaired) electrons. The molecule has 27 heavy (non-hydrogen) atoms. The fraction of sp³-hybridized carbons (Fsp3) is 0.250. The highest BCUT2D eigenvalue weighted by Gasteiger charge is 2.30. The molecule has 1 N–H and O–H groups in total. The Morgan fingerprint density at radius 2 is 1.93 bits per heavy atom. The molecule has 2 aromatic rings. The summed E-state index contributed by atoms with van der Waals surface area (Å²) in [5.74, 6) is 0.309. The Bertz CT molecular complexity index is 969. The van der Waals surface area contributed by atoms with E-state index in [1.165, 1.54) is 11.4 Å². The summed E-state index contributed by atoms with van der Waals surface area (Å²) < 4.78 is 31.0. The summed E-state index contributed by atoms with van der Waals surface area (Å²) in [5, 5.41) is 2.82. The summed E-state index contributed by atoms with van der Waals surface area (Å²) >= 11 is 0. The molecule has 3 rings (SSSR count). The van der Waals surface area contributed by atoms with Gasteiger partial charge in [-0.05, 0) is 37.1 Å². The quantitative estimate of drug-likeness (QED) is 0.800. The molecule has 0 unspecified atom stereocenters. The van der Waals surface area contributed by atoms with E-state index in [-0.39, 0.29) is 11.7 Å². The third-order valence-electron chi connectivity index (χ3n) is 4.35. The monoisotopic (exact) mass is 386 g/mol. The molecule has 1 aliphatic rings. The van der Waals surface area contributed by atoms with E-state index in [1.807, 2.05) is 30.3 Å². The predicted molar refractivity (Wildman–Crippen MR) is 107 cm³/mol. The first kappa shape index (κ1) is 19.0. The van der Waals surface area contributed by atoms with E-state index in [4.69, 9.17) is 4.74 Å². The molecule has 1 saturated heterocycles. The van der Waals surface area contributed by atoms with Crippen LogP contribution >= 0.6 is 0 Å². The molecule has 0 atom stereocenters. The Hall–Kier alpha value is -2.80. The van der Waals surface area contributed by atoms with Crippen LogP contribution in [0, 0.1) is 0 Å². The third kappa shape index (κ3) is 4.31. The van der Waals surface area contributed by atoms with Crippen LogP contribution in [0.25, 0.3) is 6.08 Å². The maximum Gasteiger partial charge on any atom is 0.251 e. The normalized spacial score (nSPS) is 16.2. The minimum absolute atomic E-state index is 0.137. The fourth-order valence-corrected chi connectivity index (χ4v) is 4.54. The Morgan fingerprint density at radius 3 is 2.56 bits per heavy atom. The first-order valence-corrected chi connectivity index (χ1v) is 10.2. The smallest absolute Gasteiger partial charge is 0.251 e. The van der Waals surface area contributed by atoms with Crippen LogP contribution < -0.4 is 14.4 Å². The number of benzene rings is 2. The number of anilines is 2. The van der Waals surface area contributed by atoms with Crippen molar-refractivity contribution in [2.75, 3.05) is 29.0 Å². The van der Waals surface area contributed by atoms with Gasteiger partial charge < -0.3 is 10.1 Å². The fourth-order valence-electron chi connectivity index (χ4n) is 2.97. The van der Waals surface area contributed by atoms with Gasteiger partial charge in [0.15, 0.2) is 0 Å². The van der Waals surface area contributed by atoms with Crippen LogP contribution in [0.15, 0.2) is 54.1 Å². The van der Waals surface area contributed by atoms with Gasteiger partial charge in [-0.3, -0.25) is 9.10 Å². The maximum atomic E-state index is 12.4. The van der Waals surface area contributed by atoms with Crippen molar-refractivity contribution in [3.63, 3.8) is 0 Å². The molecule has 2 aromatic carbocycles. The first-order chi connectivity index (χ1) is 12.9. The van der Waals surface area contributed by atoms with Crippen molar-refractivity contribution in [1.29, 1.82) is 0 Å². The predicted octanol–water partition coefficient (Wildman–Crippen LogP) is 3.28. The molecular formula is C20H22N2O4S. The molecule has 7 heteroatoms. The summed E-state index contributed by atoms with van der Waals surface area (Å²) in [7, 11) is -1.82. The Morgan fingerprint density at radius 1 is 1.19 bits per heavy atom. The number of carbonyl (C=O) groups is 1.